The van der Waals surface area contributed by atoms with Crippen molar-refractivity contribution in [2.45, 2.75) is 11.8 Å². The Bertz CT molecular complexity index is 617. The van der Waals surface area contributed by atoms with Gasteiger partial charge in [-0.3, -0.25) is 0 Å². The quantitative estimate of drug-likeness (QED) is 0.802. The fourth-order valence-corrected chi connectivity index (χ4v) is 2.39. The molecular weight excluding hydrogens is 276 g/mol. The number of ether oxygens (including phenoxy) is 1. The standard InChI is InChI=1S/C12H13ClO4S/c1-7(2)9-5-8(18(4,15)16)6-10(11(9)13)12(14)17-3/h5-6H,1H2,2-4H3. The Kier molecular flexibility index (Phi) is 4.19. The van der Waals surface area contributed by atoms with Crippen molar-refractivity contribution < 1.29 is 17.9 Å². The van der Waals surface area contributed by atoms with E-state index in [9.17, 15) is 13.2 Å². The maximum atomic E-state index is 11.6. The van der Waals surface area contributed by atoms with Crippen LogP contribution < -0.4 is 0 Å². The van der Waals surface area contributed by atoms with E-state index in [1.54, 1.807) is 6.92 Å². The second-order valence-electron chi connectivity index (χ2n) is 3.88. The molecule has 0 heterocycles. The average molecular weight is 289 g/mol. The SMILES string of the molecule is C=C(C)c1cc(S(C)(=O)=O)cc(C(=O)OC)c1Cl. The Morgan fingerprint density at radius 3 is 2.22 bits per heavy atom. The third-order valence-electron chi connectivity index (χ3n) is 2.34. The summed E-state index contributed by atoms with van der Waals surface area (Å²) in [6, 6.07) is 2.60. The third-order valence-corrected chi connectivity index (χ3v) is 3.84. The zero-order valence-corrected chi connectivity index (χ0v) is 11.9. The Labute approximate surface area is 111 Å². The molecule has 1 aromatic rings. The van der Waals surface area contributed by atoms with E-state index in [2.05, 4.69) is 11.3 Å². The monoisotopic (exact) mass is 288 g/mol. The van der Waals surface area contributed by atoms with Crippen LogP contribution in [0.15, 0.2) is 23.6 Å². The molecule has 0 aliphatic rings. The number of hydrogen-bond acceptors (Lipinski definition) is 4. The zero-order chi connectivity index (χ0) is 14.1. The van der Waals surface area contributed by atoms with Crippen molar-refractivity contribution in [3.63, 3.8) is 0 Å². The van der Waals surface area contributed by atoms with Gasteiger partial charge in [-0.25, -0.2) is 13.2 Å². The molecule has 6 heteroatoms. The molecule has 0 aliphatic heterocycles. The van der Waals surface area contributed by atoms with Crippen LogP contribution in [0.25, 0.3) is 5.57 Å². The molecule has 98 valence electrons. The molecule has 0 unspecified atom stereocenters. The van der Waals surface area contributed by atoms with Crippen LogP contribution in [0.3, 0.4) is 0 Å². The molecule has 1 rings (SSSR count). The van der Waals surface area contributed by atoms with Crippen molar-refractivity contribution >= 4 is 33.0 Å². The predicted molar refractivity (Wildman–Crippen MR) is 70.6 cm³/mol. The van der Waals surface area contributed by atoms with E-state index in [0.29, 0.717) is 11.1 Å². The molecule has 0 radical (unpaired) electrons. The predicted octanol–water partition coefficient (Wildman–Crippen LogP) is 2.56. The van der Waals surface area contributed by atoms with E-state index in [1.807, 2.05) is 0 Å². The summed E-state index contributed by atoms with van der Waals surface area (Å²) in [5.41, 5.74) is 0.996. The summed E-state index contributed by atoms with van der Waals surface area (Å²) in [6.45, 7) is 5.38. The number of halogens is 1. The van der Waals surface area contributed by atoms with Gasteiger partial charge in [0.15, 0.2) is 9.84 Å². The fourth-order valence-electron chi connectivity index (χ4n) is 1.38. The smallest absolute Gasteiger partial charge is 0.339 e. The summed E-state index contributed by atoms with van der Waals surface area (Å²) < 4.78 is 27.7. The molecule has 0 atom stereocenters. The van der Waals surface area contributed by atoms with Gasteiger partial charge >= 0.3 is 5.97 Å². The molecule has 1 aromatic carbocycles. The number of hydrogen-bond donors (Lipinski definition) is 0. The Morgan fingerprint density at radius 2 is 1.83 bits per heavy atom. The highest BCUT2D eigenvalue weighted by Crippen LogP contribution is 2.30. The van der Waals surface area contributed by atoms with Crippen molar-refractivity contribution in [1.82, 2.24) is 0 Å². The van der Waals surface area contributed by atoms with Gasteiger partial charge in [0.1, 0.15) is 0 Å². The highest BCUT2D eigenvalue weighted by molar-refractivity contribution is 7.90. The maximum absolute atomic E-state index is 11.6. The van der Waals surface area contributed by atoms with Crippen molar-refractivity contribution in [3.05, 3.63) is 34.9 Å². The van der Waals surface area contributed by atoms with Crippen LogP contribution in [-0.2, 0) is 14.6 Å². The second kappa shape index (κ2) is 5.12. The lowest BCUT2D eigenvalue weighted by molar-refractivity contribution is 0.0600. The molecule has 4 nitrogen and oxygen atoms in total. The normalized spacial score (nSPS) is 11.1. The summed E-state index contributed by atoms with van der Waals surface area (Å²) in [6.07, 6.45) is 1.06. The Hall–Kier alpha value is -1.33. The van der Waals surface area contributed by atoms with Gasteiger partial charge in [-0.05, 0) is 30.2 Å². The average Bonchev–Trinajstić information content (AvgIpc) is 2.26. The van der Waals surface area contributed by atoms with Gasteiger partial charge in [0.2, 0.25) is 0 Å². The van der Waals surface area contributed by atoms with E-state index in [4.69, 9.17) is 11.6 Å². The van der Waals surface area contributed by atoms with Crippen LogP contribution in [-0.4, -0.2) is 27.8 Å². The number of benzene rings is 1. The van der Waals surface area contributed by atoms with E-state index in [-0.39, 0.29) is 15.5 Å². The van der Waals surface area contributed by atoms with Gasteiger partial charge in [-0.15, -0.1) is 0 Å². The van der Waals surface area contributed by atoms with E-state index in [1.165, 1.54) is 19.2 Å². The van der Waals surface area contributed by atoms with Gasteiger partial charge in [0, 0.05) is 6.26 Å². The van der Waals surface area contributed by atoms with Crippen LogP contribution in [0.5, 0.6) is 0 Å². The van der Waals surface area contributed by atoms with Crippen LogP contribution in [0.1, 0.15) is 22.8 Å². The summed E-state index contributed by atoms with van der Waals surface area (Å²) in [4.78, 5) is 11.6. The molecule has 0 spiro atoms. The Morgan fingerprint density at radius 1 is 1.33 bits per heavy atom. The molecule has 0 fully saturated rings. The molecule has 0 N–H and O–H groups in total. The molecular formula is C12H13ClO4S. The number of sulfone groups is 1. The maximum Gasteiger partial charge on any atom is 0.339 e. The summed E-state index contributed by atoms with van der Waals surface area (Å²) >= 11 is 6.04. The zero-order valence-electron chi connectivity index (χ0n) is 10.3. The minimum Gasteiger partial charge on any atom is -0.465 e. The molecule has 0 amide bonds. The van der Waals surface area contributed by atoms with E-state index < -0.39 is 15.8 Å². The minimum absolute atomic E-state index is 0.00491. The number of rotatable bonds is 3. The lowest BCUT2D eigenvalue weighted by atomic mass is 10.1. The molecule has 0 aliphatic carbocycles. The van der Waals surface area contributed by atoms with Crippen LogP contribution in [0.2, 0.25) is 5.02 Å². The molecule has 0 aromatic heterocycles. The first-order chi connectivity index (χ1) is 8.18. The van der Waals surface area contributed by atoms with Gasteiger partial charge < -0.3 is 4.74 Å². The van der Waals surface area contributed by atoms with Gasteiger partial charge in [-0.2, -0.15) is 0 Å². The van der Waals surface area contributed by atoms with E-state index >= 15 is 0 Å². The van der Waals surface area contributed by atoms with Gasteiger partial charge in [-0.1, -0.05) is 18.2 Å². The van der Waals surface area contributed by atoms with Crippen molar-refractivity contribution in [1.29, 1.82) is 0 Å². The first-order valence-corrected chi connectivity index (χ1v) is 7.23. The lowest BCUT2D eigenvalue weighted by Gasteiger charge is -2.11. The summed E-state index contributed by atoms with van der Waals surface area (Å²) in [7, 11) is -2.25. The van der Waals surface area contributed by atoms with Crippen LogP contribution in [0, 0.1) is 0 Å². The molecule has 18 heavy (non-hydrogen) atoms. The van der Waals surface area contributed by atoms with Crippen LogP contribution >= 0.6 is 11.6 Å². The largest absolute Gasteiger partial charge is 0.465 e. The number of carbonyl (C=O) groups excluding carboxylic acids is 1. The molecule has 0 saturated carbocycles. The van der Waals surface area contributed by atoms with Gasteiger partial charge in [0.25, 0.3) is 0 Å². The Balaban J connectivity index is 3.68. The molecule has 0 bridgehead atoms. The highest BCUT2D eigenvalue weighted by Gasteiger charge is 2.20. The number of esters is 1. The summed E-state index contributed by atoms with van der Waals surface area (Å²) in [5, 5.41) is 0.141. The number of methoxy groups -OCH3 is 1. The highest BCUT2D eigenvalue weighted by atomic mass is 35.5. The first kappa shape index (κ1) is 14.7. The topological polar surface area (TPSA) is 60.4 Å². The third kappa shape index (κ3) is 2.91. The lowest BCUT2D eigenvalue weighted by Crippen LogP contribution is -2.07. The van der Waals surface area contributed by atoms with E-state index in [0.717, 1.165) is 6.26 Å². The number of carbonyl (C=O) groups is 1. The minimum atomic E-state index is -3.45. The first-order valence-electron chi connectivity index (χ1n) is 4.96. The van der Waals surface area contributed by atoms with Crippen molar-refractivity contribution in [2.75, 3.05) is 13.4 Å². The fraction of sp³-hybridized carbons (Fsp3) is 0.250. The number of allylic oxidation sites excluding steroid dienone is 1. The van der Waals surface area contributed by atoms with Crippen molar-refractivity contribution in [3.8, 4) is 0 Å². The molecule has 0 saturated heterocycles. The van der Waals surface area contributed by atoms with Crippen LogP contribution in [0.4, 0.5) is 0 Å². The van der Waals surface area contributed by atoms with Gasteiger partial charge in [0.05, 0.1) is 22.6 Å². The summed E-state index contributed by atoms with van der Waals surface area (Å²) in [5.74, 6) is -0.687. The van der Waals surface area contributed by atoms with Crippen molar-refractivity contribution in [2.24, 2.45) is 0 Å². The second-order valence-corrected chi connectivity index (χ2v) is 6.27.